The highest BCUT2D eigenvalue weighted by atomic mass is 32.2. The van der Waals surface area contributed by atoms with Gasteiger partial charge in [0, 0.05) is 10.8 Å². The molecule has 0 unspecified atom stereocenters. The fourth-order valence-electron chi connectivity index (χ4n) is 1.78. The summed E-state index contributed by atoms with van der Waals surface area (Å²) in [6, 6.07) is 0. The maximum atomic E-state index is 12.3. The zero-order valence-electron chi connectivity index (χ0n) is 10.3. The van der Waals surface area contributed by atoms with Crippen LogP contribution in [0.4, 0.5) is 0 Å². The SMILES string of the molecule is Cc1csc2sc(C(=O)C(C)(C)C)c(C)c12. The topological polar surface area (TPSA) is 17.1 Å². The molecule has 0 saturated carbocycles. The molecule has 0 atom stereocenters. The summed E-state index contributed by atoms with van der Waals surface area (Å²) in [7, 11) is 0. The summed E-state index contributed by atoms with van der Waals surface area (Å²) in [6.07, 6.45) is 0. The minimum absolute atomic E-state index is 0.262. The third kappa shape index (κ3) is 1.72. The van der Waals surface area contributed by atoms with E-state index < -0.39 is 0 Å². The lowest BCUT2D eigenvalue weighted by molar-refractivity contribution is 0.0862. The van der Waals surface area contributed by atoms with Gasteiger partial charge in [0.15, 0.2) is 5.78 Å². The Balaban J connectivity index is 2.63. The van der Waals surface area contributed by atoms with Crippen molar-refractivity contribution in [2.24, 2.45) is 5.41 Å². The molecule has 3 heteroatoms. The van der Waals surface area contributed by atoms with Gasteiger partial charge in [0.1, 0.15) is 0 Å². The molecule has 2 aromatic heterocycles. The lowest BCUT2D eigenvalue weighted by Gasteiger charge is -2.15. The highest BCUT2D eigenvalue weighted by molar-refractivity contribution is 7.38. The van der Waals surface area contributed by atoms with Gasteiger partial charge in [0.05, 0.1) is 8.89 Å². The summed E-state index contributed by atoms with van der Waals surface area (Å²) in [4.78, 5) is 13.2. The summed E-state index contributed by atoms with van der Waals surface area (Å²) in [5, 5.41) is 3.46. The molecular formula is C13H16OS2. The quantitative estimate of drug-likeness (QED) is 0.666. The number of thiophene rings is 2. The Morgan fingerprint density at radius 1 is 1.25 bits per heavy atom. The van der Waals surface area contributed by atoms with Gasteiger partial charge >= 0.3 is 0 Å². The normalized spacial score (nSPS) is 12.3. The number of rotatable bonds is 1. The van der Waals surface area contributed by atoms with Crippen molar-refractivity contribution < 1.29 is 4.79 Å². The zero-order chi connectivity index (χ0) is 12.1. The number of hydrogen-bond acceptors (Lipinski definition) is 3. The van der Waals surface area contributed by atoms with Gasteiger partial charge in [0.2, 0.25) is 0 Å². The Morgan fingerprint density at radius 3 is 2.38 bits per heavy atom. The van der Waals surface area contributed by atoms with Crippen molar-refractivity contribution in [3.63, 3.8) is 0 Å². The molecule has 0 fully saturated rings. The first-order valence-corrected chi connectivity index (χ1v) is 7.04. The Bertz CT molecular complexity index is 552. The third-order valence-electron chi connectivity index (χ3n) is 2.74. The molecule has 0 amide bonds. The molecule has 86 valence electrons. The van der Waals surface area contributed by atoms with Gasteiger partial charge in [-0.1, -0.05) is 20.8 Å². The highest BCUT2D eigenvalue weighted by Gasteiger charge is 2.27. The number of carbonyl (C=O) groups excluding carboxylic acids is 1. The van der Waals surface area contributed by atoms with Crippen LogP contribution in [0.2, 0.25) is 0 Å². The summed E-state index contributed by atoms with van der Waals surface area (Å²) >= 11 is 3.39. The summed E-state index contributed by atoms with van der Waals surface area (Å²) in [6.45, 7) is 10.1. The molecule has 2 heterocycles. The van der Waals surface area contributed by atoms with Crippen LogP contribution in [0.25, 0.3) is 9.40 Å². The molecule has 0 aliphatic carbocycles. The van der Waals surface area contributed by atoms with Crippen molar-refractivity contribution in [2.75, 3.05) is 0 Å². The minimum atomic E-state index is -0.286. The van der Waals surface area contributed by atoms with Gasteiger partial charge in [-0.05, 0) is 30.4 Å². The predicted octanol–water partition coefficient (Wildman–Crippen LogP) is 4.81. The molecule has 0 N–H and O–H groups in total. The Hall–Kier alpha value is -0.670. The van der Waals surface area contributed by atoms with Gasteiger partial charge in [-0.15, -0.1) is 22.7 Å². The molecule has 0 bridgehead atoms. The Kier molecular flexibility index (Phi) is 2.71. The molecular weight excluding hydrogens is 236 g/mol. The van der Waals surface area contributed by atoms with Crippen molar-refractivity contribution in [3.8, 4) is 0 Å². The monoisotopic (exact) mass is 252 g/mol. The number of hydrogen-bond donors (Lipinski definition) is 0. The van der Waals surface area contributed by atoms with Gasteiger partial charge in [-0.3, -0.25) is 4.79 Å². The Morgan fingerprint density at radius 2 is 1.88 bits per heavy atom. The average Bonchev–Trinajstić information content (AvgIpc) is 2.67. The van der Waals surface area contributed by atoms with Crippen LogP contribution in [0.15, 0.2) is 5.38 Å². The molecule has 1 nitrogen and oxygen atoms in total. The standard InChI is InChI=1S/C13H16OS2/c1-7-6-15-12-9(7)8(2)10(16-12)11(14)13(3,4)5/h6H,1-5H3. The lowest BCUT2D eigenvalue weighted by atomic mass is 9.88. The fraction of sp³-hybridized carbons (Fsp3) is 0.462. The van der Waals surface area contributed by atoms with Crippen molar-refractivity contribution >= 4 is 37.9 Å². The van der Waals surface area contributed by atoms with Gasteiger partial charge in [-0.25, -0.2) is 0 Å². The van der Waals surface area contributed by atoms with E-state index in [0.717, 1.165) is 4.88 Å². The number of carbonyl (C=O) groups is 1. The van der Waals surface area contributed by atoms with Gasteiger partial charge in [0.25, 0.3) is 0 Å². The summed E-state index contributed by atoms with van der Waals surface area (Å²) in [5.74, 6) is 0.262. The molecule has 2 aromatic rings. The first-order valence-electron chi connectivity index (χ1n) is 5.34. The van der Waals surface area contributed by atoms with E-state index in [4.69, 9.17) is 0 Å². The van der Waals surface area contributed by atoms with Crippen LogP contribution in [-0.2, 0) is 0 Å². The van der Waals surface area contributed by atoms with E-state index in [-0.39, 0.29) is 11.2 Å². The number of fused-ring (bicyclic) bond motifs is 1. The van der Waals surface area contributed by atoms with Crippen molar-refractivity contribution in [1.82, 2.24) is 0 Å². The first kappa shape index (κ1) is 11.8. The van der Waals surface area contributed by atoms with Crippen LogP contribution in [0.1, 0.15) is 41.6 Å². The molecule has 0 aromatic carbocycles. The highest BCUT2D eigenvalue weighted by Crippen LogP contribution is 2.39. The molecule has 0 radical (unpaired) electrons. The van der Waals surface area contributed by atoms with Crippen LogP contribution in [0.3, 0.4) is 0 Å². The van der Waals surface area contributed by atoms with E-state index >= 15 is 0 Å². The molecule has 0 aliphatic rings. The smallest absolute Gasteiger partial charge is 0.178 e. The molecule has 0 saturated heterocycles. The van der Waals surface area contributed by atoms with E-state index in [1.165, 1.54) is 20.5 Å². The number of ketones is 1. The van der Waals surface area contributed by atoms with E-state index in [0.29, 0.717) is 0 Å². The molecule has 0 spiro atoms. The third-order valence-corrected chi connectivity index (χ3v) is 5.25. The summed E-state index contributed by atoms with van der Waals surface area (Å²) < 4.78 is 1.28. The predicted molar refractivity (Wildman–Crippen MR) is 73.0 cm³/mol. The second kappa shape index (κ2) is 3.67. The largest absolute Gasteiger partial charge is 0.293 e. The second-order valence-electron chi connectivity index (χ2n) is 5.22. The van der Waals surface area contributed by atoms with Crippen LogP contribution < -0.4 is 0 Å². The lowest BCUT2D eigenvalue weighted by Crippen LogP contribution is -2.19. The average molecular weight is 252 g/mol. The van der Waals surface area contributed by atoms with Gasteiger partial charge in [-0.2, -0.15) is 0 Å². The fourth-order valence-corrected chi connectivity index (χ4v) is 4.46. The van der Waals surface area contributed by atoms with Crippen LogP contribution in [0.5, 0.6) is 0 Å². The van der Waals surface area contributed by atoms with Crippen molar-refractivity contribution in [2.45, 2.75) is 34.6 Å². The zero-order valence-corrected chi connectivity index (χ0v) is 11.9. The van der Waals surface area contributed by atoms with Crippen molar-refractivity contribution in [1.29, 1.82) is 0 Å². The van der Waals surface area contributed by atoms with E-state index in [2.05, 4.69) is 19.2 Å². The van der Waals surface area contributed by atoms with E-state index in [9.17, 15) is 4.79 Å². The number of Topliss-reactive ketones (excluding diaryl/α,β-unsaturated/α-hetero) is 1. The summed E-state index contributed by atoms with van der Waals surface area (Å²) in [5.41, 5.74) is 2.17. The van der Waals surface area contributed by atoms with E-state index in [1.54, 1.807) is 22.7 Å². The first-order chi connectivity index (χ1) is 7.32. The van der Waals surface area contributed by atoms with Gasteiger partial charge < -0.3 is 0 Å². The number of aryl methyl sites for hydroxylation is 2. The molecule has 2 rings (SSSR count). The van der Waals surface area contributed by atoms with Crippen LogP contribution >= 0.6 is 22.7 Å². The van der Waals surface area contributed by atoms with E-state index in [1.807, 2.05) is 20.8 Å². The van der Waals surface area contributed by atoms with Crippen LogP contribution in [0, 0.1) is 19.3 Å². The molecule has 16 heavy (non-hydrogen) atoms. The Labute approximate surface area is 104 Å². The van der Waals surface area contributed by atoms with Crippen molar-refractivity contribution in [3.05, 3.63) is 21.4 Å². The second-order valence-corrected chi connectivity index (χ2v) is 7.38. The molecule has 0 aliphatic heterocycles. The maximum Gasteiger partial charge on any atom is 0.178 e. The van der Waals surface area contributed by atoms with Crippen LogP contribution in [-0.4, -0.2) is 5.78 Å². The minimum Gasteiger partial charge on any atom is -0.293 e. The maximum absolute atomic E-state index is 12.3.